The zero-order chi connectivity index (χ0) is 14.8. The molecule has 0 bridgehead atoms. The van der Waals surface area contributed by atoms with Crippen molar-refractivity contribution < 1.29 is 22.7 Å². The van der Waals surface area contributed by atoms with E-state index in [9.17, 15) is 18.0 Å². The summed E-state index contributed by atoms with van der Waals surface area (Å²) in [6.45, 7) is -0.424. The van der Waals surface area contributed by atoms with Crippen molar-refractivity contribution in [3.63, 3.8) is 0 Å². The third kappa shape index (κ3) is 3.14. The molecule has 0 fully saturated rings. The highest BCUT2D eigenvalue weighted by Gasteiger charge is 2.20. The molecule has 1 amide bonds. The minimum absolute atomic E-state index is 0.0521. The number of carbonyl (C=O) groups is 2. The first-order valence-electron chi connectivity index (χ1n) is 5.91. The molecule has 0 aromatic heterocycles. The lowest BCUT2D eigenvalue weighted by molar-refractivity contribution is -0.139. The van der Waals surface area contributed by atoms with E-state index in [4.69, 9.17) is 0 Å². The maximum Gasteiger partial charge on any atom is 0.320 e. The topological polar surface area (TPSA) is 102 Å². The largest absolute Gasteiger partial charge is 0.468 e. The average Bonchev–Trinajstić information content (AvgIpc) is 2.44. The highest BCUT2D eigenvalue weighted by atomic mass is 32.2. The molecule has 0 radical (unpaired) electrons. The number of carbonyl (C=O) groups excluding carboxylic acids is 2. The molecule has 1 aliphatic rings. The SMILES string of the molecule is COC(=O)CNS(=O)(=O)c1ccc2c(c1)CCC(=O)N2. The number of amides is 1. The third-order valence-corrected chi connectivity index (χ3v) is 4.32. The summed E-state index contributed by atoms with van der Waals surface area (Å²) in [7, 11) is -2.60. The zero-order valence-electron chi connectivity index (χ0n) is 10.8. The van der Waals surface area contributed by atoms with Crippen molar-refractivity contribution in [2.75, 3.05) is 19.0 Å². The van der Waals surface area contributed by atoms with Crippen LogP contribution in [-0.4, -0.2) is 33.9 Å². The molecule has 0 saturated heterocycles. The fourth-order valence-electron chi connectivity index (χ4n) is 1.84. The van der Waals surface area contributed by atoms with Crippen molar-refractivity contribution in [3.05, 3.63) is 23.8 Å². The molecule has 108 valence electrons. The van der Waals surface area contributed by atoms with Crippen LogP contribution in [-0.2, 0) is 30.8 Å². The van der Waals surface area contributed by atoms with E-state index in [-0.39, 0.29) is 10.8 Å². The summed E-state index contributed by atoms with van der Waals surface area (Å²) in [6.07, 6.45) is 0.813. The molecule has 0 atom stereocenters. The Hall–Kier alpha value is -1.93. The molecular formula is C12H14N2O5S. The van der Waals surface area contributed by atoms with Gasteiger partial charge < -0.3 is 10.1 Å². The summed E-state index contributed by atoms with van der Waals surface area (Å²) in [5.41, 5.74) is 1.37. The van der Waals surface area contributed by atoms with Crippen molar-refractivity contribution in [2.24, 2.45) is 0 Å². The number of anilines is 1. The Bertz CT molecular complexity index is 654. The van der Waals surface area contributed by atoms with Crippen LogP contribution in [0.4, 0.5) is 5.69 Å². The molecule has 20 heavy (non-hydrogen) atoms. The van der Waals surface area contributed by atoms with Gasteiger partial charge in [0.15, 0.2) is 0 Å². The smallest absolute Gasteiger partial charge is 0.320 e. The molecule has 7 nitrogen and oxygen atoms in total. The predicted octanol–water partition coefficient (Wildman–Crippen LogP) is 0.0226. The lowest BCUT2D eigenvalue weighted by atomic mass is 10.0. The van der Waals surface area contributed by atoms with Gasteiger partial charge >= 0.3 is 5.97 Å². The van der Waals surface area contributed by atoms with Crippen LogP contribution in [0.25, 0.3) is 0 Å². The molecule has 1 aromatic carbocycles. The second-order valence-corrected chi connectivity index (χ2v) is 6.03. The van der Waals surface area contributed by atoms with Crippen molar-refractivity contribution in [2.45, 2.75) is 17.7 Å². The second kappa shape index (κ2) is 5.59. The Morgan fingerprint density at radius 2 is 2.15 bits per heavy atom. The van der Waals surface area contributed by atoms with E-state index >= 15 is 0 Å². The molecule has 1 aromatic rings. The lowest BCUT2D eigenvalue weighted by Crippen LogP contribution is -2.30. The molecule has 1 aliphatic heterocycles. The van der Waals surface area contributed by atoms with Crippen molar-refractivity contribution in [1.82, 2.24) is 4.72 Å². The monoisotopic (exact) mass is 298 g/mol. The molecule has 0 aliphatic carbocycles. The number of fused-ring (bicyclic) bond motifs is 1. The van der Waals surface area contributed by atoms with E-state index < -0.39 is 22.5 Å². The van der Waals surface area contributed by atoms with Gasteiger partial charge in [-0.25, -0.2) is 8.42 Å². The Kier molecular flexibility index (Phi) is 4.05. The zero-order valence-corrected chi connectivity index (χ0v) is 11.6. The van der Waals surface area contributed by atoms with Crippen LogP contribution < -0.4 is 10.0 Å². The first-order chi connectivity index (χ1) is 9.42. The van der Waals surface area contributed by atoms with E-state index in [1.54, 1.807) is 6.07 Å². The summed E-state index contributed by atoms with van der Waals surface area (Å²) in [5, 5.41) is 2.67. The number of benzene rings is 1. The minimum atomic E-state index is -3.78. The van der Waals surface area contributed by atoms with Gasteiger partial charge in [-0.1, -0.05) is 0 Å². The van der Waals surface area contributed by atoms with Gasteiger partial charge in [-0.15, -0.1) is 0 Å². The summed E-state index contributed by atoms with van der Waals surface area (Å²) in [6, 6.07) is 4.41. The van der Waals surface area contributed by atoms with Gasteiger partial charge in [0.2, 0.25) is 15.9 Å². The first kappa shape index (κ1) is 14.5. The molecule has 2 rings (SSSR count). The molecule has 2 N–H and O–H groups in total. The number of aryl methyl sites for hydroxylation is 1. The molecule has 0 spiro atoms. The number of esters is 1. The maximum absolute atomic E-state index is 12.0. The second-order valence-electron chi connectivity index (χ2n) is 4.27. The summed E-state index contributed by atoms with van der Waals surface area (Å²) in [4.78, 5) is 22.2. The van der Waals surface area contributed by atoms with Crippen LogP contribution in [0, 0.1) is 0 Å². The van der Waals surface area contributed by atoms with Crippen molar-refractivity contribution in [3.8, 4) is 0 Å². The Morgan fingerprint density at radius 1 is 1.40 bits per heavy atom. The Morgan fingerprint density at radius 3 is 2.85 bits per heavy atom. The van der Waals surface area contributed by atoms with Crippen molar-refractivity contribution >= 4 is 27.6 Å². The number of hydrogen-bond donors (Lipinski definition) is 2. The summed E-state index contributed by atoms with van der Waals surface area (Å²) >= 11 is 0. The van der Waals surface area contributed by atoms with Gasteiger partial charge in [0.25, 0.3) is 0 Å². The van der Waals surface area contributed by atoms with Gasteiger partial charge in [0.1, 0.15) is 6.54 Å². The maximum atomic E-state index is 12.0. The predicted molar refractivity (Wildman–Crippen MR) is 70.6 cm³/mol. The molecule has 0 saturated carbocycles. The lowest BCUT2D eigenvalue weighted by Gasteiger charge is -2.17. The molecule has 0 unspecified atom stereocenters. The van der Waals surface area contributed by atoms with Crippen LogP contribution in [0.5, 0.6) is 0 Å². The van der Waals surface area contributed by atoms with E-state index in [1.165, 1.54) is 19.2 Å². The molecular weight excluding hydrogens is 284 g/mol. The van der Waals surface area contributed by atoms with E-state index in [2.05, 4.69) is 14.8 Å². The number of nitrogens with one attached hydrogen (secondary N) is 2. The molecule has 8 heteroatoms. The number of ether oxygens (including phenoxy) is 1. The van der Waals surface area contributed by atoms with Gasteiger partial charge in [0, 0.05) is 12.1 Å². The number of hydrogen-bond acceptors (Lipinski definition) is 5. The normalized spacial score (nSPS) is 14.3. The van der Waals surface area contributed by atoms with Crippen LogP contribution in [0.1, 0.15) is 12.0 Å². The number of methoxy groups -OCH3 is 1. The quantitative estimate of drug-likeness (QED) is 0.763. The van der Waals surface area contributed by atoms with Crippen molar-refractivity contribution in [1.29, 1.82) is 0 Å². The standard InChI is InChI=1S/C12H14N2O5S/c1-19-12(16)7-13-20(17,18)9-3-4-10-8(6-9)2-5-11(15)14-10/h3-4,6,13H,2,5,7H2,1H3,(H,14,15). The average molecular weight is 298 g/mol. The minimum Gasteiger partial charge on any atom is -0.468 e. The van der Waals surface area contributed by atoms with Gasteiger partial charge in [-0.3, -0.25) is 9.59 Å². The fraction of sp³-hybridized carbons (Fsp3) is 0.333. The van der Waals surface area contributed by atoms with Crippen LogP contribution in [0.3, 0.4) is 0 Å². The number of rotatable bonds is 4. The fourth-order valence-corrected chi connectivity index (χ4v) is 2.86. The Labute approximate surface area is 116 Å². The van der Waals surface area contributed by atoms with Gasteiger partial charge in [-0.05, 0) is 30.2 Å². The van der Waals surface area contributed by atoms with E-state index in [0.717, 1.165) is 5.56 Å². The highest BCUT2D eigenvalue weighted by molar-refractivity contribution is 7.89. The van der Waals surface area contributed by atoms with E-state index in [1.807, 2.05) is 0 Å². The van der Waals surface area contributed by atoms with Crippen LogP contribution >= 0.6 is 0 Å². The summed E-state index contributed by atoms with van der Waals surface area (Å²) < 4.78 is 30.5. The third-order valence-electron chi connectivity index (χ3n) is 2.92. The van der Waals surface area contributed by atoms with Gasteiger partial charge in [0.05, 0.1) is 12.0 Å². The summed E-state index contributed by atoms with van der Waals surface area (Å²) in [5.74, 6) is -0.754. The first-order valence-corrected chi connectivity index (χ1v) is 7.40. The van der Waals surface area contributed by atoms with Crippen LogP contribution in [0.15, 0.2) is 23.1 Å². The van der Waals surface area contributed by atoms with E-state index in [0.29, 0.717) is 18.5 Å². The Balaban J connectivity index is 2.20. The molecule has 1 heterocycles. The van der Waals surface area contributed by atoms with Gasteiger partial charge in [-0.2, -0.15) is 4.72 Å². The number of sulfonamides is 1. The highest BCUT2D eigenvalue weighted by Crippen LogP contribution is 2.25. The van der Waals surface area contributed by atoms with Crippen LogP contribution in [0.2, 0.25) is 0 Å².